The molecule has 4 heteroatoms. The van der Waals surface area contributed by atoms with E-state index in [4.69, 9.17) is 5.73 Å². The second kappa shape index (κ2) is 4.17. The van der Waals surface area contributed by atoms with Crippen molar-refractivity contribution in [3.63, 3.8) is 0 Å². The fourth-order valence-corrected chi connectivity index (χ4v) is 2.03. The van der Waals surface area contributed by atoms with Gasteiger partial charge in [0.1, 0.15) is 0 Å². The maximum atomic E-state index is 12.1. The van der Waals surface area contributed by atoms with Crippen LogP contribution in [0.1, 0.15) is 34.6 Å². The molecule has 16 heavy (non-hydrogen) atoms. The van der Waals surface area contributed by atoms with Gasteiger partial charge in [-0.3, -0.25) is 14.5 Å². The summed E-state index contributed by atoms with van der Waals surface area (Å²) in [7, 11) is 0. The number of amides is 2. The molecular weight excluding hydrogens is 204 g/mol. The lowest BCUT2D eigenvalue weighted by molar-refractivity contribution is -0.148. The van der Waals surface area contributed by atoms with E-state index in [9.17, 15) is 9.59 Å². The van der Waals surface area contributed by atoms with Gasteiger partial charge in [-0.15, -0.1) is 0 Å². The molecule has 1 aliphatic heterocycles. The van der Waals surface area contributed by atoms with Gasteiger partial charge in [-0.05, 0) is 12.8 Å². The molecule has 3 atom stereocenters. The van der Waals surface area contributed by atoms with Crippen molar-refractivity contribution in [2.45, 2.75) is 40.2 Å². The third-order valence-electron chi connectivity index (χ3n) is 4.14. The molecule has 1 heterocycles. The molecular formula is C12H22N2O2. The summed E-state index contributed by atoms with van der Waals surface area (Å²) >= 11 is 0. The fraction of sp³-hybridized carbons (Fsp3) is 0.833. The van der Waals surface area contributed by atoms with E-state index in [0.29, 0.717) is 6.54 Å². The van der Waals surface area contributed by atoms with Crippen LogP contribution in [-0.2, 0) is 9.59 Å². The molecule has 1 saturated heterocycles. The molecule has 0 aromatic carbocycles. The minimum absolute atomic E-state index is 0.0841. The summed E-state index contributed by atoms with van der Waals surface area (Å²) in [4.78, 5) is 25.6. The Hall–Kier alpha value is -0.900. The van der Waals surface area contributed by atoms with Crippen LogP contribution in [0, 0.1) is 17.8 Å². The Balaban J connectivity index is 3.13. The Kier molecular flexibility index (Phi) is 3.43. The molecule has 2 amide bonds. The predicted octanol–water partition coefficient (Wildman–Crippen LogP) is 1.00. The predicted molar refractivity (Wildman–Crippen MR) is 62.5 cm³/mol. The summed E-state index contributed by atoms with van der Waals surface area (Å²) in [6.07, 6.45) is 0. The number of imide groups is 1. The number of rotatable bonds is 3. The summed E-state index contributed by atoms with van der Waals surface area (Å²) in [6.45, 7) is 9.78. The van der Waals surface area contributed by atoms with Crippen molar-refractivity contribution >= 4 is 11.8 Å². The van der Waals surface area contributed by atoms with E-state index in [1.165, 1.54) is 4.90 Å². The molecule has 92 valence electrons. The molecule has 1 fully saturated rings. The van der Waals surface area contributed by atoms with Gasteiger partial charge in [0.05, 0.1) is 5.54 Å². The highest BCUT2D eigenvalue weighted by atomic mass is 16.2. The first-order chi connectivity index (χ1) is 7.27. The van der Waals surface area contributed by atoms with Crippen molar-refractivity contribution in [3.05, 3.63) is 0 Å². The van der Waals surface area contributed by atoms with E-state index in [-0.39, 0.29) is 29.6 Å². The minimum Gasteiger partial charge on any atom is -0.328 e. The maximum Gasteiger partial charge on any atom is 0.233 e. The number of carbonyl (C=O) groups excluding carboxylic acids is 2. The Morgan fingerprint density at radius 1 is 1.25 bits per heavy atom. The Bertz CT molecular complexity index is 294. The SMILES string of the molecule is CC1C(=O)N(C(C)(CN)C(C)C)C(=O)C1C. The van der Waals surface area contributed by atoms with E-state index >= 15 is 0 Å². The van der Waals surface area contributed by atoms with Crippen molar-refractivity contribution in [2.75, 3.05) is 6.54 Å². The van der Waals surface area contributed by atoms with Gasteiger partial charge in [-0.1, -0.05) is 27.7 Å². The number of nitrogens with zero attached hydrogens (tertiary/aromatic N) is 1. The second-order valence-electron chi connectivity index (χ2n) is 5.31. The summed E-state index contributed by atoms with van der Waals surface area (Å²) in [5.41, 5.74) is 5.19. The number of hydrogen-bond acceptors (Lipinski definition) is 3. The molecule has 0 radical (unpaired) electrons. The zero-order valence-electron chi connectivity index (χ0n) is 10.8. The minimum atomic E-state index is -0.562. The smallest absolute Gasteiger partial charge is 0.233 e. The number of hydrogen-bond donors (Lipinski definition) is 1. The van der Waals surface area contributed by atoms with Gasteiger partial charge in [-0.25, -0.2) is 0 Å². The molecule has 1 aliphatic rings. The van der Waals surface area contributed by atoms with Gasteiger partial charge < -0.3 is 5.73 Å². The zero-order valence-corrected chi connectivity index (χ0v) is 10.8. The molecule has 4 nitrogen and oxygen atoms in total. The summed E-state index contributed by atoms with van der Waals surface area (Å²) in [5.74, 6) is -0.463. The highest BCUT2D eigenvalue weighted by molar-refractivity contribution is 6.05. The molecule has 0 aromatic rings. The van der Waals surface area contributed by atoms with Crippen LogP contribution >= 0.6 is 0 Å². The molecule has 0 aliphatic carbocycles. The average Bonchev–Trinajstić information content (AvgIpc) is 2.42. The van der Waals surface area contributed by atoms with Crippen LogP contribution in [0.2, 0.25) is 0 Å². The lowest BCUT2D eigenvalue weighted by atomic mass is 9.86. The highest BCUT2D eigenvalue weighted by Crippen LogP contribution is 2.34. The van der Waals surface area contributed by atoms with Crippen LogP contribution in [0.15, 0.2) is 0 Å². The Morgan fingerprint density at radius 3 is 1.88 bits per heavy atom. The number of nitrogens with two attached hydrogens (primary N) is 1. The highest BCUT2D eigenvalue weighted by Gasteiger charge is 2.50. The van der Waals surface area contributed by atoms with Gasteiger partial charge in [0.2, 0.25) is 11.8 Å². The van der Waals surface area contributed by atoms with Crippen LogP contribution in [-0.4, -0.2) is 28.8 Å². The monoisotopic (exact) mass is 226 g/mol. The number of likely N-dealkylation sites (tertiary alicyclic amines) is 1. The van der Waals surface area contributed by atoms with Gasteiger partial charge in [0.15, 0.2) is 0 Å². The van der Waals surface area contributed by atoms with Crippen LogP contribution in [0.4, 0.5) is 0 Å². The van der Waals surface area contributed by atoms with Crippen LogP contribution in [0.5, 0.6) is 0 Å². The normalized spacial score (nSPS) is 30.1. The van der Waals surface area contributed by atoms with Crippen LogP contribution in [0.25, 0.3) is 0 Å². The molecule has 0 aromatic heterocycles. The summed E-state index contributed by atoms with van der Waals surface area (Å²) < 4.78 is 0. The quantitative estimate of drug-likeness (QED) is 0.730. The second-order valence-corrected chi connectivity index (χ2v) is 5.31. The first-order valence-corrected chi connectivity index (χ1v) is 5.85. The van der Waals surface area contributed by atoms with Gasteiger partial charge in [0.25, 0.3) is 0 Å². The lowest BCUT2D eigenvalue weighted by Gasteiger charge is -2.40. The average molecular weight is 226 g/mol. The van der Waals surface area contributed by atoms with Gasteiger partial charge in [0, 0.05) is 18.4 Å². The molecule has 0 bridgehead atoms. The molecule has 3 unspecified atom stereocenters. The van der Waals surface area contributed by atoms with E-state index in [2.05, 4.69) is 0 Å². The van der Waals surface area contributed by atoms with Crippen molar-refractivity contribution < 1.29 is 9.59 Å². The van der Waals surface area contributed by atoms with Crippen molar-refractivity contribution in [1.82, 2.24) is 4.90 Å². The molecule has 0 spiro atoms. The first kappa shape index (κ1) is 13.2. The standard InChI is InChI=1S/C12H22N2O2/c1-7(2)12(5,6-13)14-10(15)8(3)9(4)11(14)16/h7-9H,6,13H2,1-5H3. The Morgan fingerprint density at radius 2 is 1.62 bits per heavy atom. The third-order valence-corrected chi connectivity index (χ3v) is 4.14. The van der Waals surface area contributed by atoms with Crippen molar-refractivity contribution in [3.8, 4) is 0 Å². The van der Waals surface area contributed by atoms with Gasteiger partial charge in [-0.2, -0.15) is 0 Å². The fourth-order valence-electron chi connectivity index (χ4n) is 2.03. The zero-order chi connectivity index (χ0) is 12.7. The van der Waals surface area contributed by atoms with Crippen LogP contribution in [0.3, 0.4) is 0 Å². The number of carbonyl (C=O) groups is 2. The third kappa shape index (κ3) is 1.65. The molecule has 2 N–H and O–H groups in total. The first-order valence-electron chi connectivity index (χ1n) is 5.85. The van der Waals surface area contributed by atoms with Crippen molar-refractivity contribution in [2.24, 2.45) is 23.5 Å². The van der Waals surface area contributed by atoms with Gasteiger partial charge >= 0.3 is 0 Å². The summed E-state index contributed by atoms with van der Waals surface area (Å²) in [6, 6.07) is 0. The van der Waals surface area contributed by atoms with Crippen molar-refractivity contribution in [1.29, 1.82) is 0 Å². The van der Waals surface area contributed by atoms with E-state index in [1.807, 2.05) is 34.6 Å². The topological polar surface area (TPSA) is 63.4 Å². The lowest BCUT2D eigenvalue weighted by Crippen LogP contribution is -2.57. The van der Waals surface area contributed by atoms with E-state index in [0.717, 1.165) is 0 Å². The largest absolute Gasteiger partial charge is 0.328 e. The maximum absolute atomic E-state index is 12.1. The van der Waals surface area contributed by atoms with E-state index in [1.54, 1.807) is 0 Å². The van der Waals surface area contributed by atoms with E-state index < -0.39 is 5.54 Å². The summed E-state index contributed by atoms with van der Waals surface area (Å²) in [5, 5.41) is 0. The van der Waals surface area contributed by atoms with Crippen LogP contribution < -0.4 is 5.73 Å². The Labute approximate surface area is 97.2 Å². The molecule has 1 rings (SSSR count). The molecule has 0 saturated carbocycles.